The Hall–Kier alpha value is -2.62. The van der Waals surface area contributed by atoms with Crippen molar-refractivity contribution in [2.45, 2.75) is 20.3 Å². The first kappa shape index (κ1) is 16.7. The number of amides is 1. The van der Waals surface area contributed by atoms with E-state index in [9.17, 15) is 4.79 Å². The van der Waals surface area contributed by atoms with E-state index in [-0.39, 0.29) is 5.91 Å². The predicted octanol–water partition coefficient (Wildman–Crippen LogP) is 3.23. The molecule has 2 aromatic carbocycles. The average molecular weight is 309 g/mol. The first-order valence-electron chi connectivity index (χ1n) is 7.93. The van der Waals surface area contributed by atoms with Gasteiger partial charge in [-0.2, -0.15) is 5.10 Å². The van der Waals surface area contributed by atoms with E-state index in [1.54, 1.807) is 6.21 Å². The maximum Gasteiger partial charge on any atom is 0.244 e. The summed E-state index contributed by atoms with van der Waals surface area (Å²) in [5.41, 5.74) is 5.69. The summed E-state index contributed by atoms with van der Waals surface area (Å²) in [6.45, 7) is 6.25. The van der Waals surface area contributed by atoms with Crippen molar-refractivity contribution in [1.29, 1.82) is 0 Å². The van der Waals surface area contributed by atoms with Crippen LogP contribution in [0.4, 0.5) is 5.69 Å². The van der Waals surface area contributed by atoms with Gasteiger partial charge in [0.25, 0.3) is 0 Å². The van der Waals surface area contributed by atoms with Crippen LogP contribution in [0, 0.1) is 0 Å². The highest BCUT2D eigenvalue weighted by Gasteiger charge is 2.02. The van der Waals surface area contributed by atoms with Gasteiger partial charge in [0.1, 0.15) is 0 Å². The number of hydrazone groups is 1. The quantitative estimate of drug-likeness (QED) is 0.630. The lowest BCUT2D eigenvalue weighted by molar-refractivity contribution is -0.120. The Morgan fingerprint density at radius 1 is 1.04 bits per heavy atom. The number of hydrogen-bond acceptors (Lipinski definition) is 3. The van der Waals surface area contributed by atoms with Crippen LogP contribution >= 0.6 is 0 Å². The number of rotatable bonds is 7. The van der Waals surface area contributed by atoms with E-state index >= 15 is 0 Å². The lowest BCUT2D eigenvalue weighted by Crippen LogP contribution is -2.21. The molecule has 0 aliphatic heterocycles. The summed E-state index contributed by atoms with van der Waals surface area (Å²) in [6, 6.07) is 17.8. The van der Waals surface area contributed by atoms with Crippen molar-refractivity contribution in [3.63, 3.8) is 0 Å². The van der Waals surface area contributed by atoms with Gasteiger partial charge in [-0.1, -0.05) is 42.5 Å². The predicted molar refractivity (Wildman–Crippen MR) is 95.9 cm³/mol. The van der Waals surface area contributed by atoms with E-state index in [4.69, 9.17) is 0 Å². The minimum atomic E-state index is -0.118. The van der Waals surface area contributed by atoms with Gasteiger partial charge in [-0.3, -0.25) is 4.79 Å². The second-order valence-corrected chi connectivity index (χ2v) is 5.22. The molecular weight excluding hydrogens is 286 g/mol. The van der Waals surface area contributed by atoms with Crippen molar-refractivity contribution in [1.82, 2.24) is 5.43 Å². The lowest BCUT2D eigenvalue weighted by Gasteiger charge is -2.20. The first-order chi connectivity index (χ1) is 11.2. The van der Waals surface area contributed by atoms with Crippen LogP contribution in [0.1, 0.15) is 25.0 Å². The first-order valence-corrected chi connectivity index (χ1v) is 7.93. The largest absolute Gasteiger partial charge is 0.372 e. The third-order valence-electron chi connectivity index (χ3n) is 3.63. The highest BCUT2D eigenvalue weighted by atomic mass is 16.2. The fraction of sp³-hybridized carbons (Fsp3) is 0.263. The number of hydrogen-bond donors (Lipinski definition) is 1. The van der Waals surface area contributed by atoms with Gasteiger partial charge in [0.05, 0.1) is 12.6 Å². The Kier molecular flexibility index (Phi) is 6.36. The van der Waals surface area contributed by atoms with Gasteiger partial charge < -0.3 is 4.90 Å². The summed E-state index contributed by atoms with van der Waals surface area (Å²) < 4.78 is 0. The monoisotopic (exact) mass is 309 g/mol. The maximum absolute atomic E-state index is 11.8. The fourth-order valence-corrected chi connectivity index (χ4v) is 2.36. The molecule has 0 atom stereocenters. The molecule has 0 radical (unpaired) electrons. The molecule has 4 nitrogen and oxygen atoms in total. The van der Waals surface area contributed by atoms with E-state index in [1.165, 1.54) is 5.69 Å². The second-order valence-electron chi connectivity index (χ2n) is 5.22. The summed E-state index contributed by atoms with van der Waals surface area (Å²) in [7, 11) is 0. The minimum absolute atomic E-state index is 0.118. The molecule has 0 aliphatic rings. The average Bonchev–Trinajstić information content (AvgIpc) is 2.58. The summed E-state index contributed by atoms with van der Waals surface area (Å²) in [5.74, 6) is -0.118. The number of carbonyl (C=O) groups excluding carboxylic acids is 1. The highest BCUT2D eigenvalue weighted by Crippen LogP contribution is 2.13. The van der Waals surface area contributed by atoms with Gasteiger partial charge in [-0.25, -0.2) is 5.43 Å². The number of carbonyl (C=O) groups is 1. The highest BCUT2D eigenvalue weighted by molar-refractivity contribution is 5.83. The topological polar surface area (TPSA) is 44.7 Å². The molecule has 0 unspecified atom stereocenters. The second kappa shape index (κ2) is 8.73. The van der Waals surface area contributed by atoms with Crippen molar-refractivity contribution in [3.8, 4) is 0 Å². The normalized spacial score (nSPS) is 10.7. The Balaban J connectivity index is 1.86. The van der Waals surface area contributed by atoms with E-state index in [1.807, 2.05) is 42.5 Å². The summed E-state index contributed by atoms with van der Waals surface area (Å²) in [4.78, 5) is 14.1. The number of nitrogens with one attached hydrogen (secondary N) is 1. The van der Waals surface area contributed by atoms with Crippen molar-refractivity contribution < 1.29 is 4.79 Å². The zero-order valence-electron chi connectivity index (χ0n) is 13.7. The van der Waals surface area contributed by atoms with E-state index in [0.717, 1.165) is 24.2 Å². The Morgan fingerprint density at radius 3 is 2.30 bits per heavy atom. The summed E-state index contributed by atoms with van der Waals surface area (Å²) in [5, 5.41) is 4.01. The smallest absolute Gasteiger partial charge is 0.244 e. The van der Waals surface area contributed by atoms with Gasteiger partial charge in [-0.15, -0.1) is 0 Å². The number of anilines is 1. The van der Waals surface area contributed by atoms with Crippen LogP contribution in [0.25, 0.3) is 0 Å². The van der Waals surface area contributed by atoms with Crippen molar-refractivity contribution in [2.75, 3.05) is 18.0 Å². The van der Waals surface area contributed by atoms with Crippen LogP contribution in [-0.4, -0.2) is 25.2 Å². The van der Waals surface area contributed by atoms with Gasteiger partial charge >= 0.3 is 0 Å². The zero-order valence-corrected chi connectivity index (χ0v) is 13.7. The van der Waals surface area contributed by atoms with Crippen LogP contribution in [0.15, 0.2) is 59.7 Å². The van der Waals surface area contributed by atoms with Crippen LogP contribution < -0.4 is 10.3 Å². The molecule has 2 aromatic rings. The molecule has 0 spiro atoms. The maximum atomic E-state index is 11.8. The molecule has 0 saturated carbocycles. The van der Waals surface area contributed by atoms with Crippen molar-refractivity contribution in [2.24, 2.45) is 5.10 Å². The zero-order chi connectivity index (χ0) is 16.5. The van der Waals surface area contributed by atoms with E-state index in [0.29, 0.717) is 6.42 Å². The van der Waals surface area contributed by atoms with Gasteiger partial charge in [0.2, 0.25) is 5.91 Å². The van der Waals surface area contributed by atoms with Crippen molar-refractivity contribution in [3.05, 3.63) is 65.7 Å². The van der Waals surface area contributed by atoms with E-state index < -0.39 is 0 Å². The van der Waals surface area contributed by atoms with Crippen LogP contribution in [0.5, 0.6) is 0 Å². The van der Waals surface area contributed by atoms with Gasteiger partial charge in [-0.05, 0) is 37.1 Å². The number of nitrogens with zero attached hydrogens (tertiary/aromatic N) is 2. The van der Waals surface area contributed by atoms with Gasteiger partial charge in [0.15, 0.2) is 0 Å². The molecule has 120 valence electrons. The van der Waals surface area contributed by atoms with Crippen molar-refractivity contribution >= 4 is 17.8 Å². The third kappa shape index (κ3) is 5.25. The molecule has 1 N–H and O–H groups in total. The molecule has 23 heavy (non-hydrogen) atoms. The summed E-state index contributed by atoms with van der Waals surface area (Å²) in [6.07, 6.45) is 1.99. The molecule has 0 saturated heterocycles. The molecular formula is C19H23N3O. The Bertz CT molecular complexity index is 631. The molecule has 0 aromatic heterocycles. The lowest BCUT2D eigenvalue weighted by atomic mass is 10.1. The minimum Gasteiger partial charge on any atom is -0.372 e. The third-order valence-corrected chi connectivity index (χ3v) is 3.63. The SMILES string of the molecule is CCN(CC)c1ccc(/C=N/NC(=O)Cc2ccccc2)cc1. The van der Waals surface area contributed by atoms with Gasteiger partial charge in [0, 0.05) is 18.8 Å². The molecule has 0 aliphatic carbocycles. The van der Waals surface area contributed by atoms with Crippen LogP contribution in [0.3, 0.4) is 0 Å². The van der Waals surface area contributed by atoms with Crippen LogP contribution in [0.2, 0.25) is 0 Å². The Morgan fingerprint density at radius 2 is 1.70 bits per heavy atom. The molecule has 2 rings (SSSR count). The Labute approximate surface area is 137 Å². The standard InChI is InChI=1S/C19H23N3O/c1-3-22(4-2)18-12-10-17(11-13-18)15-20-21-19(23)14-16-8-6-5-7-9-16/h5-13,15H,3-4,14H2,1-2H3,(H,21,23)/b20-15+. The fourth-order valence-electron chi connectivity index (χ4n) is 2.36. The molecule has 1 amide bonds. The van der Waals surface area contributed by atoms with Crippen LogP contribution in [-0.2, 0) is 11.2 Å². The molecule has 4 heteroatoms. The molecule has 0 heterocycles. The van der Waals surface area contributed by atoms with E-state index in [2.05, 4.69) is 41.4 Å². The molecule has 0 bridgehead atoms. The molecule has 0 fully saturated rings. The number of benzene rings is 2. The summed E-state index contributed by atoms with van der Waals surface area (Å²) >= 11 is 0.